The van der Waals surface area contributed by atoms with Gasteiger partial charge in [0, 0.05) is 0 Å². The maximum atomic E-state index is 10.4. The fraction of sp³-hybridized carbons (Fsp3) is 0.571. The second-order valence-electron chi connectivity index (χ2n) is 5.05. The Morgan fingerprint density at radius 2 is 1.89 bits per heavy atom. The molecular formula is C14H22ClNO3. The number of rotatable bonds is 3. The molecule has 0 amide bonds. The van der Waals surface area contributed by atoms with E-state index in [1.165, 1.54) is 4.90 Å². The molecule has 2 rings (SSSR count). The first kappa shape index (κ1) is 16.2. The summed E-state index contributed by atoms with van der Waals surface area (Å²) in [6, 6.07) is 5.44. The molecule has 1 aromatic rings. The molecule has 1 aromatic carbocycles. The molecule has 2 atom stereocenters. The lowest BCUT2D eigenvalue weighted by atomic mass is 10.00. The molecule has 1 fully saturated rings. The van der Waals surface area contributed by atoms with Crippen LogP contribution in [0.3, 0.4) is 0 Å². The number of hydrogen-bond donors (Lipinski definition) is 3. The molecule has 1 saturated heterocycles. The van der Waals surface area contributed by atoms with Gasteiger partial charge in [-0.15, -0.1) is 0 Å². The van der Waals surface area contributed by atoms with Gasteiger partial charge in [0.15, 0.2) is 0 Å². The molecule has 0 aliphatic carbocycles. The maximum absolute atomic E-state index is 10.4. The molecule has 4 nitrogen and oxygen atoms in total. The van der Waals surface area contributed by atoms with E-state index in [2.05, 4.69) is 6.92 Å². The van der Waals surface area contributed by atoms with Crippen LogP contribution in [0.25, 0.3) is 0 Å². The van der Waals surface area contributed by atoms with Crippen LogP contribution in [0.4, 0.5) is 0 Å². The van der Waals surface area contributed by atoms with E-state index >= 15 is 0 Å². The fourth-order valence-electron chi connectivity index (χ4n) is 2.46. The number of halogens is 1. The van der Waals surface area contributed by atoms with Crippen molar-refractivity contribution in [3.05, 3.63) is 29.3 Å². The topological polar surface area (TPSA) is 54.1 Å². The number of benzene rings is 1. The molecule has 19 heavy (non-hydrogen) atoms. The van der Waals surface area contributed by atoms with Gasteiger partial charge < -0.3 is 32.3 Å². The molecule has 0 aromatic heterocycles. The first-order valence-corrected chi connectivity index (χ1v) is 6.49. The van der Waals surface area contributed by atoms with Crippen LogP contribution in [0.15, 0.2) is 18.2 Å². The van der Waals surface area contributed by atoms with Crippen molar-refractivity contribution in [2.75, 3.05) is 26.3 Å². The van der Waals surface area contributed by atoms with Gasteiger partial charge in [-0.25, -0.2) is 0 Å². The number of aliphatic hydroxyl groups excluding tert-OH is 1. The van der Waals surface area contributed by atoms with Gasteiger partial charge in [0.05, 0.1) is 13.2 Å². The van der Waals surface area contributed by atoms with Crippen LogP contribution in [0.5, 0.6) is 5.75 Å². The van der Waals surface area contributed by atoms with Gasteiger partial charge in [-0.3, -0.25) is 0 Å². The molecule has 0 radical (unpaired) electrons. The van der Waals surface area contributed by atoms with E-state index in [1.807, 2.05) is 13.0 Å². The van der Waals surface area contributed by atoms with Crippen molar-refractivity contribution < 1.29 is 32.3 Å². The first-order chi connectivity index (χ1) is 8.59. The number of nitrogens with one attached hydrogen (secondary N) is 1. The highest BCUT2D eigenvalue weighted by molar-refractivity contribution is 5.36. The second kappa shape index (κ2) is 7.10. The molecule has 3 N–H and O–H groups in total. The predicted octanol–water partition coefficient (Wildman–Crippen LogP) is -2.96. The van der Waals surface area contributed by atoms with Crippen molar-refractivity contribution in [1.82, 2.24) is 0 Å². The smallest absolute Gasteiger partial charge is 0.130 e. The zero-order valence-corrected chi connectivity index (χ0v) is 12.2. The van der Waals surface area contributed by atoms with Crippen LogP contribution in [0.1, 0.15) is 24.2 Å². The number of ether oxygens (including phenoxy) is 1. The molecule has 1 aliphatic rings. The normalized spacial score (nSPS) is 19.5. The molecule has 1 aliphatic heterocycles. The zero-order chi connectivity index (χ0) is 13.1. The highest BCUT2D eigenvalue weighted by Crippen LogP contribution is 2.22. The summed E-state index contributed by atoms with van der Waals surface area (Å²) in [5.41, 5.74) is 1.67. The Bertz CT molecular complexity index is 408. The largest absolute Gasteiger partial charge is 1.00 e. The van der Waals surface area contributed by atoms with Crippen molar-refractivity contribution >= 4 is 0 Å². The Morgan fingerprint density at radius 3 is 2.47 bits per heavy atom. The first-order valence-electron chi connectivity index (χ1n) is 6.49. The van der Waals surface area contributed by atoms with Crippen molar-refractivity contribution in [3.63, 3.8) is 0 Å². The lowest BCUT2D eigenvalue weighted by Gasteiger charge is -2.32. The van der Waals surface area contributed by atoms with Crippen LogP contribution < -0.4 is 17.3 Å². The average molecular weight is 288 g/mol. The molecule has 108 valence electrons. The van der Waals surface area contributed by atoms with Gasteiger partial charge in [-0.05, 0) is 37.1 Å². The summed E-state index contributed by atoms with van der Waals surface area (Å²) in [5.74, 6) is 0.275. The molecule has 2 unspecified atom stereocenters. The van der Waals surface area contributed by atoms with Gasteiger partial charge in [0.25, 0.3) is 0 Å². The minimum atomic E-state index is -0.502. The van der Waals surface area contributed by atoms with E-state index < -0.39 is 6.10 Å². The third kappa shape index (κ3) is 3.83. The van der Waals surface area contributed by atoms with Gasteiger partial charge >= 0.3 is 0 Å². The average Bonchev–Trinajstić information content (AvgIpc) is 2.41. The number of hydrogen-bond acceptors (Lipinski definition) is 3. The van der Waals surface area contributed by atoms with E-state index in [1.54, 1.807) is 12.1 Å². The molecule has 1 heterocycles. The summed E-state index contributed by atoms with van der Waals surface area (Å²) in [6.07, 6.45) is -0.502. The molecule has 0 bridgehead atoms. The van der Waals surface area contributed by atoms with Crippen LogP contribution in [0, 0.1) is 6.92 Å². The van der Waals surface area contributed by atoms with Crippen LogP contribution in [-0.2, 0) is 4.74 Å². The number of aryl methyl sites for hydroxylation is 1. The van der Waals surface area contributed by atoms with Crippen LogP contribution in [0.2, 0.25) is 0 Å². The molecule has 5 heteroatoms. The van der Waals surface area contributed by atoms with Gasteiger partial charge in [-0.2, -0.15) is 0 Å². The molecule has 0 spiro atoms. The zero-order valence-electron chi connectivity index (χ0n) is 11.4. The van der Waals surface area contributed by atoms with Gasteiger partial charge in [0.1, 0.15) is 31.0 Å². The van der Waals surface area contributed by atoms with E-state index in [0.717, 1.165) is 37.4 Å². The predicted molar refractivity (Wildman–Crippen MR) is 68.8 cm³/mol. The van der Waals surface area contributed by atoms with E-state index in [0.29, 0.717) is 0 Å². The summed E-state index contributed by atoms with van der Waals surface area (Å²) in [4.78, 5) is 1.37. The monoisotopic (exact) mass is 287 g/mol. The molecule has 0 saturated carbocycles. The number of quaternary nitrogens is 1. The summed E-state index contributed by atoms with van der Waals surface area (Å²) in [6.45, 7) is 7.32. The van der Waals surface area contributed by atoms with Crippen molar-refractivity contribution in [1.29, 1.82) is 0 Å². The Labute approximate surface area is 120 Å². The van der Waals surface area contributed by atoms with E-state index in [9.17, 15) is 10.2 Å². The Kier molecular flexibility index (Phi) is 6.07. The summed E-state index contributed by atoms with van der Waals surface area (Å²) in [5, 5.41) is 19.9. The number of morpholine rings is 1. The third-order valence-corrected chi connectivity index (χ3v) is 3.81. The maximum Gasteiger partial charge on any atom is 0.130 e. The lowest BCUT2D eigenvalue weighted by Crippen LogP contribution is -3.17. The fourth-order valence-corrected chi connectivity index (χ4v) is 2.46. The van der Waals surface area contributed by atoms with Crippen molar-refractivity contribution in [2.45, 2.75) is 26.0 Å². The highest BCUT2D eigenvalue weighted by Gasteiger charge is 2.28. The summed E-state index contributed by atoms with van der Waals surface area (Å²) in [7, 11) is 0. The quantitative estimate of drug-likeness (QED) is 0.557. The standard InChI is InChI=1S/C14H21NO3.ClH/c1-10-9-12(3-4-13(10)16)14(17)11(2)15-5-7-18-8-6-15;/h3-4,9,11,14,16-17H,5-8H2,1-2H3;1H. The summed E-state index contributed by atoms with van der Waals surface area (Å²) >= 11 is 0. The minimum Gasteiger partial charge on any atom is -1.00 e. The molecular weight excluding hydrogens is 266 g/mol. The van der Waals surface area contributed by atoms with Crippen molar-refractivity contribution in [3.8, 4) is 5.75 Å². The van der Waals surface area contributed by atoms with Crippen LogP contribution in [-0.4, -0.2) is 42.6 Å². The number of phenols is 1. The Balaban J connectivity index is 0.00000180. The Hall–Kier alpha value is -0.810. The van der Waals surface area contributed by atoms with Crippen LogP contribution >= 0.6 is 0 Å². The third-order valence-electron chi connectivity index (χ3n) is 3.81. The number of aliphatic hydroxyl groups is 1. The lowest BCUT2D eigenvalue weighted by molar-refractivity contribution is -0.935. The number of phenolic OH excluding ortho intramolecular Hbond substituents is 1. The van der Waals surface area contributed by atoms with Gasteiger partial charge in [0.2, 0.25) is 0 Å². The number of aromatic hydroxyl groups is 1. The highest BCUT2D eigenvalue weighted by atomic mass is 35.5. The van der Waals surface area contributed by atoms with E-state index in [-0.39, 0.29) is 24.2 Å². The second-order valence-corrected chi connectivity index (χ2v) is 5.05. The Morgan fingerprint density at radius 1 is 1.26 bits per heavy atom. The van der Waals surface area contributed by atoms with E-state index in [4.69, 9.17) is 4.74 Å². The summed E-state index contributed by atoms with van der Waals surface area (Å²) < 4.78 is 5.33. The van der Waals surface area contributed by atoms with Crippen molar-refractivity contribution in [2.24, 2.45) is 0 Å². The van der Waals surface area contributed by atoms with Gasteiger partial charge in [-0.1, -0.05) is 6.07 Å². The minimum absolute atomic E-state index is 0. The SMILES string of the molecule is Cc1cc(C(O)C(C)[NH+]2CCOCC2)ccc1O.[Cl-].